The number of nitrogens with one attached hydrogen (secondary N) is 2. The van der Waals surface area contributed by atoms with E-state index in [4.69, 9.17) is 21.6 Å². The number of nitriles is 1. The number of hydrogen-bond acceptors (Lipinski definition) is 10. The first-order valence-electron chi connectivity index (χ1n) is 20.1. The Morgan fingerprint density at radius 3 is 2.40 bits per heavy atom. The molecule has 298 valence electrons. The number of piperidine rings is 3. The maximum Gasteiger partial charge on any atom is 0.272 e. The Labute approximate surface area is 335 Å². The van der Waals surface area contributed by atoms with Gasteiger partial charge in [-0.3, -0.25) is 24.5 Å². The van der Waals surface area contributed by atoms with Crippen molar-refractivity contribution in [2.75, 3.05) is 37.6 Å². The van der Waals surface area contributed by atoms with Crippen molar-refractivity contribution in [1.29, 1.82) is 5.26 Å². The van der Waals surface area contributed by atoms with Crippen LogP contribution in [-0.4, -0.2) is 94.5 Å². The Balaban J connectivity index is 0.754. The molecular formula is C42H46ClFN8O5. The Hall–Kier alpha value is -5.13. The van der Waals surface area contributed by atoms with E-state index in [1.165, 1.54) is 4.90 Å². The van der Waals surface area contributed by atoms with Gasteiger partial charge in [-0.2, -0.15) is 5.26 Å². The van der Waals surface area contributed by atoms with E-state index in [0.29, 0.717) is 44.6 Å². The maximum absolute atomic E-state index is 15.9. The second kappa shape index (κ2) is 16.8. The van der Waals surface area contributed by atoms with Crippen LogP contribution in [0.3, 0.4) is 0 Å². The summed E-state index contributed by atoms with van der Waals surface area (Å²) in [4.78, 5) is 56.3. The molecule has 1 aliphatic carbocycles. The zero-order valence-electron chi connectivity index (χ0n) is 31.7. The summed E-state index contributed by atoms with van der Waals surface area (Å²) >= 11 is 6.14. The average Bonchev–Trinajstić information content (AvgIpc) is 3.56. The van der Waals surface area contributed by atoms with Crippen molar-refractivity contribution in [1.82, 2.24) is 30.6 Å². The van der Waals surface area contributed by atoms with E-state index in [2.05, 4.69) is 30.6 Å². The second-order valence-electron chi connectivity index (χ2n) is 16.0. The lowest BCUT2D eigenvalue weighted by molar-refractivity contribution is -0.136. The summed E-state index contributed by atoms with van der Waals surface area (Å²) < 4.78 is 22.0. The van der Waals surface area contributed by atoms with Gasteiger partial charge in [0.05, 0.1) is 23.2 Å². The number of aromatic nitrogens is 2. The van der Waals surface area contributed by atoms with Crippen LogP contribution in [-0.2, 0) is 16.1 Å². The highest BCUT2D eigenvalue weighted by Crippen LogP contribution is 2.37. The topological polar surface area (TPSA) is 161 Å². The number of nitrogens with zero attached hydrogens (tertiary/aromatic N) is 6. The minimum atomic E-state index is -0.763. The molecule has 3 aromatic rings. The highest BCUT2D eigenvalue weighted by atomic mass is 35.5. The third-order valence-corrected chi connectivity index (χ3v) is 12.7. The molecule has 4 fully saturated rings. The fourth-order valence-corrected chi connectivity index (χ4v) is 9.34. The lowest BCUT2D eigenvalue weighted by Gasteiger charge is -2.38. The zero-order chi connectivity index (χ0) is 39.6. The summed E-state index contributed by atoms with van der Waals surface area (Å²) in [6.07, 6.45) is 7.27. The molecule has 4 amide bonds. The Morgan fingerprint density at radius 2 is 1.72 bits per heavy atom. The van der Waals surface area contributed by atoms with Gasteiger partial charge in [-0.05, 0) is 119 Å². The number of rotatable bonds is 9. The molecule has 1 aromatic heterocycles. The van der Waals surface area contributed by atoms with Gasteiger partial charge >= 0.3 is 0 Å². The van der Waals surface area contributed by atoms with Crippen molar-refractivity contribution in [3.05, 3.63) is 81.3 Å². The van der Waals surface area contributed by atoms with Gasteiger partial charge in [0.25, 0.3) is 11.8 Å². The van der Waals surface area contributed by atoms with Crippen molar-refractivity contribution in [2.24, 2.45) is 5.92 Å². The molecule has 1 atom stereocenters. The standard InChI is InChI=1S/C42H46ClFN8O5/c43-34-21-30(4-1-27(34)22-45)57-29-5-2-28(3-6-29)46-40(54)35-9-11-37(49-48-35)51-19-13-25(14-20-51)23-50-17-15-26(16-18-50)31-7-8-32-33(39(31)44)24-52(42(32)56)36-10-12-38(53)47-41(36)55/h1,4,7-9,11,21,25-26,28-29,36H,2-3,5-6,10,12-20,23-24H2,(H,46,54)(H,47,53,55)/t28-,29-,36?. The number of carbonyl (C=O) groups excluding carboxylic acids is 4. The van der Waals surface area contributed by atoms with Crippen LogP contribution in [0.25, 0.3) is 0 Å². The van der Waals surface area contributed by atoms with Crippen LogP contribution >= 0.6 is 11.6 Å². The van der Waals surface area contributed by atoms with Crippen LogP contribution in [0.4, 0.5) is 10.2 Å². The van der Waals surface area contributed by atoms with E-state index in [9.17, 15) is 19.2 Å². The number of fused-ring (bicyclic) bond motifs is 1. The van der Waals surface area contributed by atoms with Crippen molar-refractivity contribution in [3.8, 4) is 11.8 Å². The van der Waals surface area contributed by atoms with Crippen LogP contribution in [0.1, 0.15) is 108 Å². The number of halogens is 2. The molecule has 13 nitrogen and oxygen atoms in total. The maximum atomic E-state index is 15.9. The van der Waals surface area contributed by atoms with E-state index >= 15 is 4.39 Å². The van der Waals surface area contributed by atoms with Crippen molar-refractivity contribution >= 4 is 41.0 Å². The molecule has 8 rings (SSSR count). The number of amides is 4. The first-order chi connectivity index (χ1) is 27.6. The number of likely N-dealkylation sites (tertiary alicyclic amines) is 1. The second-order valence-corrected chi connectivity index (χ2v) is 16.4. The SMILES string of the molecule is N#Cc1ccc(O[C@H]2CC[C@H](NC(=O)c3ccc(N4CCC(CN5CCC(c6ccc7c(c6F)CN(C6CCC(=O)NC6=O)C7=O)CC5)CC4)nn3)CC2)cc1Cl. The van der Waals surface area contributed by atoms with E-state index in [1.54, 1.807) is 36.4 Å². The molecule has 3 saturated heterocycles. The zero-order valence-corrected chi connectivity index (χ0v) is 32.5. The first kappa shape index (κ1) is 38.7. The lowest BCUT2D eigenvalue weighted by Crippen LogP contribution is -2.52. The van der Waals surface area contributed by atoms with Gasteiger partial charge in [0.1, 0.15) is 23.7 Å². The summed E-state index contributed by atoms with van der Waals surface area (Å²) in [5.41, 5.74) is 2.02. The van der Waals surface area contributed by atoms with E-state index < -0.39 is 11.9 Å². The Bertz CT molecular complexity index is 2070. The molecule has 4 aliphatic heterocycles. The Morgan fingerprint density at radius 1 is 0.947 bits per heavy atom. The van der Waals surface area contributed by atoms with Gasteiger partial charge in [0.15, 0.2) is 11.5 Å². The summed E-state index contributed by atoms with van der Waals surface area (Å²) in [6, 6.07) is 13.5. The van der Waals surface area contributed by atoms with Gasteiger partial charge in [-0.1, -0.05) is 17.7 Å². The molecule has 1 unspecified atom stereocenters. The summed E-state index contributed by atoms with van der Waals surface area (Å²) in [5.74, 6) is 0.238. The van der Waals surface area contributed by atoms with Gasteiger partial charge in [0.2, 0.25) is 11.8 Å². The van der Waals surface area contributed by atoms with Crippen LogP contribution < -0.4 is 20.3 Å². The molecule has 2 aromatic carbocycles. The highest BCUT2D eigenvalue weighted by Gasteiger charge is 2.41. The highest BCUT2D eigenvalue weighted by molar-refractivity contribution is 6.31. The van der Waals surface area contributed by atoms with Crippen LogP contribution in [0, 0.1) is 23.1 Å². The lowest BCUT2D eigenvalue weighted by atomic mass is 9.86. The predicted octanol–water partition coefficient (Wildman–Crippen LogP) is 5.12. The van der Waals surface area contributed by atoms with Gasteiger partial charge < -0.3 is 24.8 Å². The number of ether oxygens (including phenoxy) is 1. The summed E-state index contributed by atoms with van der Waals surface area (Å²) in [5, 5.41) is 23.5. The fourth-order valence-electron chi connectivity index (χ4n) is 9.13. The molecule has 5 heterocycles. The van der Waals surface area contributed by atoms with Crippen molar-refractivity contribution in [2.45, 2.75) is 94.9 Å². The molecule has 2 N–H and O–H groups in total. The van der Waals surface area contributed by atoms with E-state index in [1.807, 2.05) is 12.1 Å². The number of benzene rings is 2. The first-order valence-corrected chi connectivity index (χ1v) is 20.5. The molecule has 5 aliphatic rings. The van der Waals surface area contributed by atoms with Gasteiger partial charge in [0, 0.05) is 49.3 Å². The number of imide groups is 1. The molecule has 0 spiro atoms. The minimum absolute atomic E-state index is 0.0173. The third kappa shape index (κ3) is 8.46. The normalized spacial score (nSPS) is 23.5. The number of anilines is 1. The molecular weight excluding hydrogens is 751 g/mol. The summed E-state index contributed by atoms with van der Waals surface area (Å²) in [7, 11) is 0. The predicted molar refractivity (Wildman–Crippen MR) is 208 cm³/mol. The van der Waals surface area contributed by atoms with Crippen LogP contribution in [0.2, 0.25) is 5.02 Å². The largest absolute Gasteiger partial charge is 0.490 e. The van der Waals surface area contributed by atoms with Gasteiger partial charge in [-0.25, -0.2) is 4.39 Å². The van der Waals surface area contributed by atoms with Crippen molar-refractivity contribution in [3.63, 3.8) is 0 Å². The molecule has 0 bridgehead atoms. The van der Waals surface area contributed by atoms with E-state index in [0.717, 1.165) is 89.9 Å². The monoisotopic (exact) mass is 796 g/mol. The minimum Gasteiger partial charge on any atom is -0.490 e. The van der Waals surface area contributed by atoms with Gasteiger partial charge in [-0.15, -0.1) is 10.2 Å². The van der Waals surface area contributed by atoms with Crippen molar-refractivity contribution < 1.29 is 28.3 Å². The average molecular weight is 797 g/mol. The van der Waals surface area contributed by atoms with Crippen LogP contribution in [0.15, 0.2) is 42.5 Å². The Kier molecular flexibility index (Phi) is 11.4. The smallest absolute Gasteiger partial charge is 0.272 e. The number of carbonyl (C=O) groups is 4. The fraction of sp³-hybridized carbons (Fsp3) is 0.500. The molecule has 15 heteroatoms. The summed E-state index contributed by atoms with van der Waals surface area (Å²) in [6.45, 7) is 4.50. The van der Waals surface area contributed by atoms with Crippen LogP contribution in [0.5, 0.6) is 5.75 Å². The third-order valence-electron chi connectivity index (χ3n) is 12.4. The quantitative estimate of drug-likeness (QED) is 0.279. The molecule has 1 saturated carbocycles. The van der Waals surface area contributed by atoms with E-state index in [-0.39, 0.29) is 61.0 Å². The number of hydrogen-bond donors (Lipinski definition) is 2. The molecule has 0 radical (unpaired) electrons. The molecule has 57 heavy (non-hydrogen) atoms.